The second-order valence-electron chi connectivity index (χ2n) is 5.88. The van der Waals surface area contributed by atoms with E-state index in [0.29, 0.717) is 32.5 Å². The van der Waals surface area contributed by atoms with Crippen molar-refractivity contribution in [3.63, 3.8) is 0 Å². The zero-order valence-electron chi connectivity index (χ0n) is 13.6. The van der Waals surface area contributed by atoms with E-state index in [4.69, 9.17) is 10.5 Å². The molecule has 24 heavy (non-hydrogen) atoms. The van der Waals surface area contributed by atoms with Crippen molar-refractivity contribution in [1.82, 2.24) is 9.80 Å². The average molecular weight is 389 g/mol. The van der Waals surface area contributed by atoms with Gasteiger partial charge in [0.1, 0.15) is 0 Å². The summed E-state index contributed by atoms with van der Waals surface area (Å²) < 4.78 is 1.04. The number of likely N-dealkylation sites (tertiary alicyclic amines) is 1. The molecule has 1 aromatic rings. The molecule has 0 aliphatic carbocycles. The number of carbonyl (C=O) groups is 1. The predicted molar refractivity (Wildman–Crippen MR) is 94.7 cm³/mol. The van der Waals surface area contributed by atoms with Gasteiger partial charge in [0.05, 0.1) is 31.5 Å². The molecular formula is C18H21BrN4O. The Balaban J connectivity index is 2.02. The van der Waals surface area contributed by atoms with Crippen molar-refractivity contribution in [3.05, 3.63) is 34.3 Å². The van der Waals surface area contributed by atoms with Crippen LogP contribution in [0.25, 0.3) is 0 Å². The fourth-order valence-corrected chi connectivity index (χ4v) is 3.53. The largest absolute Gasteiger partial charge is 0.340 e. The summed E-state index contributed by atoms with van der Waals surface area (Å²) in [6.45, 7) is 2.03. The average Bonchev–Trinajstić information content (AvgIpc) is 3.03. The first kappa shape index (κ1) is 18.4. The summed E-state index contributed by atoms with van der Waals surface area (Å²) in [7, 11) is 0. The maximum atomic E-state index is 12.6. The molecule has 1 heterocycles. The third-order valence-electron chi connectivity index (χ3n) is 4.28. The first-order chi connectivity index (χ1) is 11.7. The van der Waals surface area contributed by atoms with Crippen LogP contribution < -0.4 is 0 Å². The molecule has 1 aliphatic rings. The van der Waals surface area contributed by atoms with Crippen LogP contribution in [0.4, 0.5) is 0 Å². The molecule has 1 fully saturated rings. The lowest BCUT2D eigenvalue weighted by Crippen LogP contribution is -2.41. The number of nitriles is 2. The summed E-state index contributed by atoms with van der Waals surface area (Å²) in [5.41, 5.74) is 1.22. The van der Waals surface area contributed by atoms with Gasteiger partial charge in [-0.05, 0) is 37.1 Å². The normalized spacial score (nSPS) is 17.2. The van der Waals surface area contributed by atoms with E-state index in [1.54, 1.807) is 4.90 Å². The van der Waals surface area contributed by atoms with Gasteiger partial charge in [0, 0.05) is 23.6 Å². The number of nitrogens with zero attached hydrogens (tertiary/aromatic N) is 4. The number of hydrogen-bond donors (Lipinski definition) is 0. The van der Waals surface area contributed by atoms with Gasteiger partial charge in [-0.3, -0.25) is 9.69 Å². The van der Waals surface area contributed by atoms with Gasteiger partial charge in [-0.15, -0.1) is 0 Å². The number of halogens is 1. The standard InChI is InChI=1S/C18H21BrN4O/c19-16-6-1-5-15(13-16)17-7-2-10-23(17)14-18(24)22(11-3-8-20)12-4-9-21/h1,5-6,13,17H,2-4,7,10-12,14H2. The highest BCUT2D eigenvalue weighted by Crippen LogP contribution is 2.32. The Morgan fingerprint density at radius 3 is 2.62 bits per heavy atom. The van der Waals surface area contributed by atoms with Crippen LogP contribution >= 0.6 is 15.9 Å². The van der Waals surface area contributed by atoms with Crippen LogP contribution in [-0.4, -0.2) is 41.9 Å². The Morgan fingerprint density at radius 1 is 1.29 bits per heavy atom. The van der Waals surface area contributed by atoms with Crippen molar-refractivity contribution in [1.29, 1.82) is 10.5 Å². The number of amides is 1. The lowest BCUT2D eigenvalue weighted by atomic mass is 10.0. The van der Waals surface area contributed by atoms with E-state index >= 15 is 0 Å². The number of benzene rings is 1. The van der Waals surface area contributed by atoms with Crippen LogP contribution in [0.2, 0.25) is 0 Å². The lowest BCUT2D eigenvalue weighted by Gasteiger charge is -2.28. The molecular weight excluding hydrogens is 368 g/mol. The fourth-order valence-electron chi connectivity index (χ4n) is 3.11. The molecule has 1 aromatic carbocycles. The molecule has 1 saturated heterocycles. The molecule has 0 bridgehead atoms. The van der Waals surface area contributed by atoms with E-state index in [0.717, 1.165) is 23.9 Å². The molecule has 0 N–H and O–H groups in total. The van der Waals surface area contributed by atoms with E-state index < -0.39 is 0 Å². The zero-order chi connectivity index (χ0) is 17.4. The molecule has 2 rings (SSSR count). The van der Waals surface area contributed by atoms with E-state index in [-0.39, 0.29) is 11.9 Å². The molecule has 126 valence electrons. The van der Waals surface area contributed by atoms with Crippen LogP contribution in [0.3, 0.4) is 0 Å². The Bertz CT molecular complexity index is 631. The zero-order valence-corrected chi connectivity index (χ0v) is 15.2. The minimum atomic E-state index is 0.00222. The number of rotatable bonds is 7. The Kier molecular flexibility index (Phi) is 7.24. The van der Waals surface area contributed by atoms with Crippen molar-refractivity contribution in [2.24, 2.45) is 0 Å². The van der Waals surface area contributed by atoms with Gasteiger partial charge in [0.25, 0.3) is 0 Å². The SMILES string of the molecule is N#CCCN(CCC#N)C(=O)CN1CCCC1c1cccc(Br)c1. The van der Waals surface area contributed by atoms with Crippen molar-refractivity contribution in [2.45, 2.75) is 31.7 Å². The van der Waals surface area contributed by atoms with Gasteiger partial charge >= 0.3 is 0 Å². The van der Waals surface area contributed by atoms with Crippen LogP contribution in [-0.2, 0) is 4.79 Å². The highest BCUT2D eigenvalue weighted by molar-refractivity contribution is 9.10. The monoisotopic (exact) mass is 388 g/mol. The predicted octanol–water partition coefficient (Wildman–Crippen LogP) is 3.24. The molecule has 1 aliphatic heterocycles. The van der Waals surface area contributed by atoms with Crippen molar-refractivity contribution in [2.75, 3.05) is 26.2 Å². The maximum absolute atomic E-state index is 12.6. The first-order valence-corrected chi connectivity index (χ1v) is 8.96. The van der Waals surface area contributed by atoms with E-state index in [1.165, 1.54) is 5.56 Å². The number of hydrogen-bond acceptors (Lipinski definition) is 4. The second-order valence-corrected chi connectivity index (χ2v) is 6.80. The summed E-state index contributed by atoms with van der Waals surface area (Å²) in [6.07, 6.45) is 2.71. The fraction of sp³-hybridized carbons (Fsp3) is 0.500. The molecule has 1 atom stereocenters. The highest BCUT2D eigenvalue weighted by atomic mass is 79.9. The summed E-state index contributed by atoms with van der Waals surface area (Å²) in [6, 6.07) is 12.6. The third-order valence-corrected chi connectivity index (χ3v) is 4.77. The third kappa shape index (κ3) is 5.06. The Labute approximate surface area is 151 Å². The molecule has 0 spiro atoms. The molecule has 1 unspecified atom stereocenters. The van der Waals surface area contributed by atoms with E-state index in [9.17, 15) is 4.79 Å². The molecule has 5 nitrogen and oxygen atoms in total. The Morgan fingerprint density at radius 2 is 2.00 bits per heavy atom. The van der Waals surface area contributed by atoms with Gasteiger partial charge in [0.2, 0.25) is 5.91 Å². The number of carbonyl (C=O) groups excluding carboxylic acids is 1. The van der Waals surface area contributed by atoms with E-state index in [1.807, 2.05) is 12.1 Å². The summed E-state index contributed by atoms with van der Waals surface area (Å²) in [4.78, 5) is 16.5. The minimum Gasteiger partial charge on any atom is -0.340 e. The van der Waals surface area contributed by atoms with Gasteiger partial charge < -0.3 is 4.90 Å². The van der Waals surface area contributed by atoms with E-state index in [2.05, 4.69) is 45.1 Å². The molecule has 6 heteroatoms. The smallest absolute Gasteiger partial charge is 0.236 e. The van der Waals surface area contributed by atoms with Crippen LogP contribution in [0.1, 0.15) is 37.3 Å². The van der Waals surface area contributed by atoms with Crippen molar-refractivity contribution in [3.8, 4) is 12.1 Å². The second kappa shape index (κ2) is 9.42. The lowest BCUT2D eigenvalue weighted by molar-refractivity contribution is -0.132. The van der Waals surface area contributed by atoms with Gasteiger partial charge in [0.15, 0.2) is 0 Å². The maximum Gasteiger partial charge on any atom is 0.236 e. The van der Waals surface area contributed by atoms with Gasteiger partial charge in [-0.1, -0.05) is 28.1 Å². The molecule has 0 saturated carbocycles. The summed E-state index contributed by atoms with van der Waals surface area (Å²) in [5.74, 6) is 0.00222. The summed E-state index contributed by atoms with van der Waals surface area (Å²) >= 11 is 3.51. The van der Waals surface area contributed by atoms with Crippen LogP contribution in [0.15, 0.2) is 28.7 Å². The Hall–Kier alpha value is -1.89. The van der Waals surface area contributed by atoms with Crippen LogP contribution in [0.5, 0.6) is 0 Å². The minimum absolute atomic E-state index is 0.00222. The van der Waals surface area contributed by atoms with Crippen molar-refractivity contribution >= 4 is 21.8 Å². The van der Waals surface area contributed by atoms with Crippen molar-refractivity contribution < 1.29 is 4.79 Å². The van der Waals surface area contributed by atoms with Crippen LogP contribution in [0, 0.1) is 22.7 Å². The molecule has 0 aromatic heterocycles. The topological polar surface area (TPSA) is 71.1 Å². The molecule has 1 amide bonds. The van der Waals surface area contributed by atoms with Gasteiger partial charge in [-0.2, -0.15) is 10.5 Å². The quantitative estimate of drug-likeness (QED) is 0.718. The van der Waals surface area contributed by atoms with Gasteiger partial charge in [-0.25, -0.2) is 0 Å². The molecule has 0 radical (unpaired) electrons. The first-order valence-electron chi connectivity index (χ1n) is 8.17. The summed E-state index contributed by atoms with van der Waals surface area (Å²) in [5, 5.41) is 17.5. The highest BCUT2D eigenvalue weighted by Gasteiger charge is 2.29.